The molecule has 1 N–H and O–H groups in total. The number of amides is 1. The van der Waals surface area contributed by atoms with Crippen molar-refractivity contribution in [1.82, 2.24) is 15.3 Å². The summed E-state index contributed by atoms with van der Waals surface area (Å²) in [5, 5.41) is 6.06. The number of pyridine rings is 1. The number of nitrogens with one attached hydrogen (secondary N) is 1. The maximum Gasteiger partial charge on any atom is 0.253 e. The Labute approximate surface area is 108 Å². The summed E-state index contributed by atoms with van der Waals surface area (Å²) >= 11 is 7.20. The average Bonchev–Trinajstić information content (AvgIpc) is 2.73. The molecule has 88 valence electrons. The number of halogens is 1. The van der Waals surface area contributed by atoms with Crippen molar-refractivity contribution in [1.29, 1.82) is 0 Å². The molecule has 0 spiro atoms. The first-order chi connectivity index (χ1) is 8.15. The Balaban J connectivity index is 1.95. The van der Waals surface area contributed by atoms with Gasteiger partial charge in [0.05, 0.1) is 22.8 Å². The van der Waals surface area contributed by atoms with E-state index >= 15 is 0 Å². The molecule has 0 unspecified atom stereocenters. The standard InChI is InChI=1S/C11H10ClN3OS/c1-7-15-9(6-17-7)5-14-11(16)8-2-3-10(12)13-4-8/h2-4,6H,5H2,1H3,(H,14,16). The Morgan fingerprint density at radius 1 is 1.53 bits per heavy atom. The van der Waals surface area contributed by atoms with Crippen LogP contribution in [-0.4, -0.2) is 15.9 Å². The van der Waals surface area contributed by atoms with Gasteiger partial charge in [0.2, 0.25) is 0 Å². The lowest BCUT2D eigenvalue weighted by Gasteiger charge is -2.02. The Kier molecular flexibility index (Phi) is 3.71. The van der Waals surface area contributed by atoms with Crippen molar-refractivity contribution in [3.63, 3.8) is 0 Å². The molecule has 17 heavy (non-hydrogen) atoms. The summed E-state index contributed by atoms with van der Waals surface area (Å²) in [5.41, 5.74) is 1.35. The fourth-order valence-electron chi connectivity index (χ4n) is 1.27. The summed E-state index contributed by atoms with van der Waals surface area (Å²) in [7, 11) is 0. The number of carbonyl (C=O) groups excluding carboxylic acids is 1. The van der Waals surface area contributed by atoms with Crippen LogP contribution in [0.25, 0.3) is 0 Å². The van der Waals surface area contributed by atoms with Gasteiger partial charge in [-0.2, -0.15) is 0 Å². The fourth-order valence-corrected chi connectivity index (χ4v) is 2.00. The van der Waals surface area contributed by atoms with Crippen LogP contribution in [0.15, 0.2) is 23.7 Å². The van der Waals surface area contributed by atoms with E-state index in [-0.39, 0.29) is 5.91 Å². The summed E-state index contributed by atoms with van der Waals surface area (Å²) in [6.07, 6.45) is 1.45. The van der Waals surface area contributed by atoms with Gasteiger partial charge < -0.3 is 5.32 Å². The van der Waals surface area contributed by atoms with Crippen molar-refractivity contribution < 1.29 is 4.79 Å². The van der Waals surface area contributed by atoms with Gasteiger partial charge in [0, 0.05) is 11.6 Å². The molecule has 0 aliphatic rings. The van der Waals surface area contributed by atoms with Gasteiger partial charge in [-0.15, -0.1) is 11.3 Å². The van der Waals surface area contributed by atoms with Gasteiger partial charge in [-0.05, 0) is 19.1 Å². The van der Waals surface area contributed by atoms with E-state index in [2.05, 4.69) is 15.3 Å². The van der Waals surface area contributed by atoms with Gasteiger partial charge in [-0.25, -0.2) is 9.97 Å². The Morgan fingerprint density at radius 3 is 2.94 bits per heavy atom. The largest absolute Gasteiger partial charge is 0.346 e. The van der Waals surface area contributed by atoms with Gasteiger partial charge in [-0.1, -0.05) is 11.6 Å². The molecule has 4 nitrogen and oxygen atoms in total. The van der Waals surface area contributed by atoms with Gasteiger partial charge in [0.25, 0.3) is 5.91 Å². The highest BCUT2D eigenvalue weighted by molar-refractivity contribution is 7.09. The van der Waals surface area contributed by atoms with Crippen molar-refractivity contribution in [3.8, 4) is 0 Å². The molecule has 0 aliphatic carbocycles. The van der Waals surface area contributed by atoms with Crippen molar-refractivity contribution in [2.45, 2.75) is 13.5 Å². The van der Waals surface area contributed by atoms with Crippen LogP contribution < -0.4 is 5.32 Å². The summed E-state index contributed by atoms with van der Waals surface area (Å²) in [4.78, 5) is 19.8. The van der Waals surface area contributed by atoms with Gasteiger partial charge in [0.1, 0.15) is 5.15 Å². The molecule has 0 aromatic carbocycles. The molecule has 0 bridgehead atoms. The minimum atomic E-state index is -0.181. The zero-order valence-corrected chi connectivity index (χ0v) is 10.7. The highest BCUT2D eigenvalue weighted by atomic mass is 35.5. The molecule has 0 saturated carbocycles. The van der Waals surface area contributed by atoms with E-state index in [1.54, 1.807) is 23.5 Å². The van der Waals surface area contributed by atoms with Gasteiger partial charge >= 0.3 is 0 Å². The second-order valence-electron chi connectivity index (χ2n) is 3.41. The lowest BCUT2D eigenvalue weighted by Crippen LogP contribution is -2.23. The second-order valence-corrected chi connectivity index (χ2v) is 4.86. The maximum atomic E-state index is 11.7. The predicted molar refractivity (Wildman–Crippen MR) is 67.3 cm³/mol. The molecule has 2 aromatic rings. The minimum Gasteiger partial charge on any atom is -0.346 e. The zero-order valence-electron chi connectivity index (χ0n) is 9.11. The predicted octanol–water partition coefficient (Wildman–Crippen LogP) is 2.43. The molecule has 6 heteroatoms. The number of hydrogen-bond donors (Lipinski definition) is 1. The van der Waals surface area contributed by atoms with E-state index in [1.807, 2.05) is 12.3 Å². The summed E-state index contributed by atoms with van der Waals surface area (Å²) in [5.74, 6) is -0.181. The second kappa shape index (κ2) is 5.25. The zero-order chi connectivity index (χ0) is 12.3. The van der Waals surface area contributed by atoms with Crippen LogP contribution in [0.5, 0.6) is 0 Å². The third-order valence-electron chi connectivity index (χ3n) is 2.09. The maximum absolute atomic E-state index is 11.7. The summed E-state index contributed by atoms with van der Waals surface area (Å²) in [6.45, 7) is 2.35. The van der Waals surface area contributed by atoms with Crippen LogP contribution >= 0.6 is 22.9 Å². The molecule has 0 fully saturated rings. The molecule has 0 radical (unpaired) electrons. The highest BCUT2D eigenvalue weighted by Crippen LogP contribution is 2.08. The Hall–Kier alpha value is -1.46. The molecule has 2 aromatic heterocycles. The topological polar surface area (TPSA) is 54.9 Å². The number of thiazole rings is 1. The van der Waals surface area contributed by atoms with E-state index in [4.69, 9.17) is 11.6 Å². The Morgan fingerprint density at radius 2 is 2.35 bits per heavy atom. The first-order valence-corrected chi connectivity index (χ1v) is 6.21. The van der Waals surface area contributed by atoms with Crippen molar-refractivity contribution in [2.24, 2.45) is 0 Å². The van der Waals surface area contributed by atoms with Crippen LogP contribution in [-0.2, 0) is 6.54 Å². The SMILES string of the molecule is Cc1nc(CNC(=O)c2ccc(Cl)nc2)cs1. The van der Waals surface area contributed by atoms with Crippen LogP contribution in [0.3, 0.4) is 0 Å². The molecule has 2 rings (SSSR count). The van der Waals surface area contributed by atoms with E-state index < -0.39 is 0 Å². The smallest absolute Gasteiger partial charge is 0.253 e. The van der Waals surface area contributed by atoms with Crippen molar-refractivity contribution >= 4 is 28.8 Å². The van der Waals surface area contributed by atoms with Crippen LogP contribution in [0, 0.1) is 6.92 Å². The van der Waals surface area contributed by atoms with Crippen LogP contribution in [0.4, 0.5) is 0 Å². The highest BCUT2D eigenvalue weighted by Gasteiger charge is 2.06. The number of hydrogen-bond acceptors (Lipinski definition) is 4. The molecule has 0 saturated heterocycles. The quantitative estimate of drug-likeness (QED) is 0.869. The molecular weight excluding hydrogens is 258 g/mol. The minimum absolute atomic E-state index is 0.181. The molecule has 1 amide bonds. The van der Waals surface area contributed by atoms with E-state index in [0.717, 1.165) is 10.7 Å². The summed E-state index contributed by atoms with van der Waals surface area (Å²) < 4.78 is 0. The number of nitrogens with zero attached hydrogens (tertiary/aromatic N) is 2. The van der Waals surface area contributed by atoms with Gasteiger partial charge in [-0.3, -0.25) is 4.79 Å². The number of aryl methyl sites for hydroxylation is 1. The summed E-state index contributed by atoms with van der Waals surface area (Å²) in [6, 6.07) is 3.22. The molecule has 0 aliphatic heterocycles. The Bertz CT molecular complexity index is 524. The number of carbonyl (C=O) groups is 1. The number of rotatable bonds is 3. The number of aromatic nitrogens is 2. The normalized spacial score (nSPS) is 10.2. The van der Waals surface area contributed by atoms with Crippen LogP contribution in [0.2, 0.25) is 5.15 Å². The first-order valence-electron chi connectivity index (χ1n) is 4.96. The molecule has 0 atom stereocenters. The lowest BCUT2D eigenvalue weighted by atomic mass is 10.2. The fraction of sp³-hybridized carbons (Fsp3) is 0.182. The van der Waals surface area contributed by atoms with Crippen molar-refractivity contribution in [3.05, 3.63) is 45.1 Å². The third-order valence-corrected chi connectivity index (χ3v) is 3.13. The van der Waals surface area contributed by atoms with Gasteiger partial charge in [0.15, 0.2) is 0 Å². The van der Waals surface area contributed by atoms with E-state index in [1.165, 1.54) is 6.20 Å². The van der Waals surface area contributed by atoms with E-state index in [0.29, 0.717) is 17.3 Å². The van der Waals surface area contributed by atoms with Crippen LogP contribution in [0.1, 0.15) is 21.1 Å². The monoisotopic (exact) mass is 267 g/mol. The average molecular weight is 268 g/mol. The third kappa shape index (κ3) is 3.25. The first kappa shape index (κ1) is 12.0. The molecular formula is C11H10ClN3OS. The molecule has 2 heterocycles. The van der Waals surface area contributed by atoms with Crippen molar-refractivity contribution in [2.75, 3.05) is 0 Å². The lowest BCUT2D eigenvalue weighted by molar-refractivity contribution is 0.0950. The van der Waals surface area contributed by atoms with E-state index in [9.17, 15) is 4.79 Å².